The molecule has 1 N–H and O–H groups in total. The van der Waals surface area contributed by atoms with Gasteiger partial charge < -0.3 is 5.32 Å². The summed E-state index contributed by atoms with van der Waals surface area (Å²) in [6, 6.07) is 9.99. The van der Waals surface area contributed by atoms with E-state index in [1.165, 1.54) is 25.1 Å². The van der Waals surface area contributed by atoms with Crippen LogP contribution in [0.2, 0.25) is 0 Å². The second kappa shape index (κ2) is 7.23. The molecular formula is C18H21FN2O3S. The highest BCUT2D eigenvalue weighted by Gasteiger charge is 2.29. The number of hydrogen-bond donors (Lipinski definition) is 1. The van der Waals surface area contributed by atoms with Crippen LogP contribution in [0.1, 0.15) is 18.1 Å². The van der Waals surface area contributed by atoms with Crippen LogP contribution >= 0.6 is 0 Å². The Labute approximate surface area is 147 Å². The summed E-state index contributed by atoms with van der Waals surface area (Å²) in [4.78, 5) is 12.5. The van der Waals surface area contributed by atoms with E-state index in [9.17, 15) is 17.6 Å². The van der Waals surface area contributed by atoms with Crippen LogP contribution in [0, 0.1) is 19.7 Å². The maximum Gasteiger partial charge on any atom is 0.248 e. The molecule has 0 heterocycles. The zero-order chi connectivity index (χ0) is 18.8. The minimum absolute atomic E-state index is 0.00761. The first-order valence-electron chi connectivity index (χ1n) is 7.72. The van der Waals surface area contributed by atoms with E-state index in [-0.39, 0.29) is 5.69 Å². The largest absolute Gasteiger partial charge is 0.322 e. The van der Waals surface area contributed by atoms with Crippen molar-refractivity contribution in [2.24, 2.45) is 0 Å². The van der Waals surface area contributed by atoms with Crippen molar-refractivity contribution in [3.8, 4) is 0 Å². The highest BCUT2D eigenvalue weighted by Crippen LogP contribution is 2.24. The summed E-state index contributed by atoms with van der Waals surface area (Å²) in [5, 5.41) is 2.44. The summed E-state index contributed by atoms with van der Waals surface area (Å²) >= 11 is 0. The third kappa shape index (κ3) is 4.57. The van der Waals surface area contributed by atoms with Crippen molar-refractivity contribution in [3.05, 3.63) is 59.4 Å². The topological polar surface area (TPSA) is 66.5 Å². The molecule has 0 fully saturated rings. The Bertz CT molecular complexity index is 877. The number of nitrogens with one attached hydrogen (secondary N) is 1. The smallest absolute Gasteiger partial charge is 0.248 e. The molecule has 0 unspecified atom stereocenters. The van der Waals surface area contributed by atoms with Crippen molar-refractivity contribution in [1.29, 1.82) is 0 Å². The third-order valence-corrected chi connectivity index (χ3v) is 4.92. The van der Waals surface area contributed by atoms with E-state index < -0.39 is 27.8 Å². The van der Waals surface area contributed by atoms with Crippen LogP contribution in [0.15, 0.2) is 42.5 Å². The highest BCUT2D eigenvalue weighted by atomic mass is 32.2. The van der Waals surface area contributed by atoms with Crippen molar-refractivity contribution in [2.75, 3.05) is 15.9 Å². The number of para-hydroxylation sites is 1. The van der Waals surface area contributed by atoms with Crippen molar-refractivity contribution in [2.45, 2.75) is 26.8 Å². The van der Waals surface area contributed by atoms with Crippen LogP contribution in [0.5, 0.6) is 0 Å². The van der Waals surface area contributed by atoms with Gasteiger partial charge in [0.1, 0.15) is 11.9 Å². The number of carbonyl (C=O) groups excluding carboxylic acids is 1. The summed E-state index contributed by atoms with van der Waals surface area (Å²) in [5.41, 5.74) is 2.17. The number of halogens is 1. The van der Waals surface area contributed by atoms with Crippen LogP contribution in [0.4, 0.5) is 15.8 Å². The Morgan fingerprint density at radius 2 is 1.68 bits per heavy atom. The van der Waals surface area contributed by atoms with Gasteiger partial charge in [0.25, 0.3) is 0 Å². The van der Waals surface area contributed by atoms with E-state index >= 15 is 0 Å². The predicted octanol–water partition coefficient (Wildman–Crippen LogP) is 3.24. The molecule has 134 valence electrons. The van der Waals surface area contributed by atoms with E-state index in [1.807, 2.05) is 19.9 Å². The van der Waals surface area contributed by atoms with E-state index in [2.05, 4.69) is 5.32 Å². The average molecular weight is 364 g/mol. The first-order chi connectivity index (χ1) is 11.6. The van der Waals surface area contributed by atoms with Gasteiger partial charge in [0.05, 0.1) is 17.6 Å². The van der Waals surface area contributed by atoms with E-state index in [4.69, 9.17) is 0 Å². The molecule has 0 aliphatic carbocycles. The molecule has 0 saturated heterocycles. The van der Waals surface area contributed by atoms with Gasteiger partial charge in [0, 0.05) is 0 Å². The molecule has 0 aliphatic rings. The summed E-state index contributed by atoms with van der Waals surface area (Å²) in [5.74, 6) is -1.20. The fourth-order valence-electron chi connectivity index (χ4n) is 2.69. The number of hydrogen-bond acceptors (Lipinski definition) is 3. The van der Waals surface area contributed by atoms with Gasteiger partial charge in [-0.3, -0.25) is 9.10 Å². The number of amides is 1. The third-order valence-electron chi connectivity index (χ3n) is 3.68. The lowest BCUT2D eigenvalue weighted by molar-refractivity contribution is -0.116. The Hall–Kier alpha value is -2.41. The van der Waals surface area contributed by atoms with Crippen molar-refractivity contribution in [1.82, 2.24) is 0 Å². The van der Waals surface area contributed by atoms with Crippen molar-refractivity contribution >= 4 is 27.3 Å². The molecule has 1 amide bonds. The minimum atomic E-state index is -3.72. The molecule has 1 atom stereocenters. The zero-order valence-corrected chi connectivity index (χ0v) is 15.4. The molecule has 0 spiro atoms. The molecule has 0 bridgehead atoms. The van der Waals surface area contributed by atoms with Gasteiger partial charge >= 0.3 is 0 Å². The van der Waals surface area contributed by atoms with E-state index in [0.717, 1.165) is 21.7 Å². The Morgan fingerprint density at radius 3 is 2.20 bits per heavy atom. The second-order valence-corrected chi connectivity index (χ2v) is 7.91. The predicted molar refractivity (Wildman–Crippen MR) is 97.7 cm³/mol. The number of carbonyl (C=O) groups is 1. The van der Waals surface area contributed by atoms with Crippen LogP contribution in [-0.4, -0.2) is 26.6 Å². The second-order valence-electron chi connectivity index (χ2n) is 6.05. The molecule has 25 heavy (non-hydrogen) atoms. The molecular weight excluding hydrogens is 343 g/mol. The summed E-state index contributed by atoms with van der Waals surface area (Å²) in [6.07, 6.45) is 1.04. The number of nitrogens with zero attached hydrogens (tertiary/aromatic N) is 1. The first-order valence-corrected chi connectivity index (χ1v) is 9.57. The molecule has 2 rings (SSSR count). The molecule has 7 heteroatoms. The number of aryl methyl sites for hydroxylation is 2. The van der Waals surface area contributed by atoms with E-state index in [0.29, 0.717) is 5.69 Å². The summed E-state index contributed by atoms with van der Waals surface area (Å²) in [6.45, 7) is 5.16. The fraction of sp³-hybridized carbons (Fsp3) is 0.278. The monoisotopic (exact) mass is 364 g/mol. The van der Waals surface area contributed by atoms with Gasteiger partial charge in [-0.25, -0.2) is 12.8 Å². The number of sulfonamides is 1. The maximum absolute atomic E-state index is 13.7. The lowest BCUT2D eigenvalue weighted by atomic mass is 10.1. The number of anilines is 2. The number of rotatable bonds is 5. The molecule has 0 radical (unpaired) electrons. The van der Waals surface area contributed by atoms with Gasteiger partial charge in [-0.05, 0) is 56.2 Å². The molecule has 5 nitrogen and oxygen atoms in total. The molecule has 0 aromatic heterocycles. The lowest BCUT2D eigenvalue weighted by Crippen LogP contribution is -2.45. The van der Waals surface area contributed by atoms with E-state index in [1.54, 1.807) is 18.2 Å². The quantitative estimate of drug-likeness (QED) is 0.886. The van der Waals surface area contributed by atoms with Gasteiger partial charge in [-0.15, -0.1) is 0 Å². The SMILES string of the molecule is Cc1cc(C)cc(N([C@@H](C)C(=O)Nc2ccccc2F)S(C)(=O)=O)c1. The Kier molecular flexibility index (Phi) is 5.47. The standard InChI is InChI=1S/C18H21FN2O3S/c1-12-9-13(2)11-15(10-12)21(25(4,23)24)14(3)18(22)20-17-8-6-5-7-16(17)19/h5-11,14H,1-4H3,(H,20,22)/t14-/m0/s1. The Morgan fingerprint density at radius 1 is 1.12 bits per heavy atom. The zero-order valence-electron chi connectivity index (χ0n) is 14.6. The van der Waals surface area contributed by atoms with Crippen LogP contribution < -0.4 is 9.62 Å². The molecule has 0 saturated carbocycles. The van der Waals surface area contributed by atoms with Gasteiger partial charge in [-0.2, -0.15) is 0 Å². The minimum Gasteiger partial charge on any atom is -0.322 e. The molecule has 2 aromatic rings. The normalized spacial score (nSPS) is 12.5. The van der Waals surface area contributed by atoms with Crippen molar-refractivity contribution in [3.63, 3.8) is 0 Å². The van der Waals surface area contributed by atoms with Crippen LogP contribution in [0.25, 0.3) is 0 Å². The van der Waals surface area contributed by atoms with Crippen LogP contribution in [-0.2, 0) is 14.8 Å². The summed E-state index contributed by atoms with van der Waals surface area (Å²) in [7, 11) is -3.72. The van der Waals surface area contributed by atoms with Gasteiger partial charge in [0.15, 0.2) is 0 Å². The van der Waals surface area contributed by atoms with Crippen molar-refractivity contribution < 1.29 is 17.6 Å². The van der Waals surface area contributed by atoms with Crippen LogP contribution in [0.3, 0.4) is 0 Å². The average Bonchev–Trinajstić information content (AvgIpc) is 2.47. The fourth-order valence-corrected chi connectivity index (χ4v) is 3.84. The highest BCUT2D eigenvalue weighted by molar-refractivity contribution is 7.92. The molecule has 2 aromatic carbocycles. The number of benzene rings is 2. The van der Waals surface area contributed by atoms with Gasteiger partial charge in [-0.1, -0.05) is 18.2 Å². The lowest BCUT2D eigenvalue weighted by Gasteiger charge is -2.28. The van der Waals surface area contributed by atoms with Gasteiger partial charge in [0.2, 0.25) is 15.9 Å². The Balaban J connectivity index is 2.38. The first kappa shape index (κ1) is 18.9. The summed E-state index contributed by atoms with van der Waals surface area (Å²) < 4.78 is 39.4. The maximum atomic E-state index is 13.7. The molecule has 0 aliphatic heterocycles.